The number of sulfonamides is 1. The van der Waals surface area contributed by atoms with Crippen molar-refractivity contribution in [3.05, 3.63) is 32.8 Å². The lowest BCUT2D eigenvalue weighted by atomic mass is 10.2. The second-order valence-electron chi connectivity index (χ2n) is 4.10. The van der Waals surface area contributed by atoms with E-state index in [0.717, 1.165) is 12.1 Å². The number of amides is 1. The zero-order valence-electron chi connectivity index (χ0n) is 10.8. The molecule has 0 aromatic heterocycles. The molecule has 7 nitrogen and oxygen atoms in total. The van der Waals surface area contributed by atoms with Gasteiger partial charge in [-0.3, -0.25) is 14.9 Å². The highest BCUT2D eigenvalue weighted by molar-refractivity contribution is 7.90. The van der Waals surface area contributed by atoms with Crippen molar-refractivity contribution in [3.63, 3.8) is 0 Å². The third-order valence-electron chi connectivity index (χ3n) is 2.46. The summed E-state index contributed by atoms with van der Waals surface area (Å²) in [5, 5.41) is 10.4. The van der Waals surface area contributed by atoms with Gasteiger partial charge in [0.1, 0.15) is 5.02 Å². The maximum Gasteiger partial charge on any atom is 0.288 e. The van der Waals surface area contributed by atoms with Crippen molar-refractivity contribution < 1.29 is 18.1 Å². The standard InChI is InChI=1S/C11H13ClN2O5S/c1-3-4-11(15)13-20(18,19)10-6-8(12)9(14(16)17)5-7(10)2/h5-6H,3-4H2,1-2H3,(H,13,15). The number of halogens is 1. The van der Waals surface area contributed by atoms with Gasteiger partial charge in [0.05, 0.1) is 9.82 Å². The van der Waals surface area contributed by atoms with E-state index in [2.05, 4.69) is 0 Å². The van der Waals surface area contributed by atoms with Crippen LogP contribution in [0.5, 0.6) is 0 Å². The van der Waals surface area contributed by atoms with Crippen LogP contribution in [0.25, 0.3) is 0 Å². The molecule has 1 amide bonds. The van der Waals surface area contributed by atoms with E-state index in [9.17, 15) is 23.3 Å². The average Bonchev–Trinajstić information content (AvgIpc) is 2.30. The summed E-state index contributed by atoms with van der Waals surface area (Å²) in [6.07, 6.45) is 0.570. The number of hydrogen-bond donors (Lipinski definition) is 1. The third kappa shape index (κ3) is 3.67. The molecule has 0 radical (unpaired) electrons. The van der Waals surface area contributed by atoms with Crippen LogP contribution in [0.1, 0.15) is 25.3 Å². The number of carbonyl (C=O) groups is 1. The minimum absolute atomic E-state index is 0.0684. The fraction of sp³-hybridized carbons (Fsp3) is 0.364. The molecular weight excluding hydrogens is 308 g/mol. The Kier molecular flexibility index (Phi) is 5.07. The van der Waals surface area contributed by atoms with E-state index >= 15 is 0 Å². The Balaban J connectivity index is 3.23. The zero-order chi connectivity index (χ0) is 15.5. The van der Waals surface area contributed by atoms with Gasteiger partial charge in [0.15, 0.2) is 0 Å². The summed E-state index contributed by atoms with van der Waals surface area (Å²) >= 11 is 5.68. The van der Waals surface area contributed by atoms with Crippen molar-refractivity contribution in [2.24, 2.45) is 0 Å². The molecular formula is C11H13ClN2O5S. The maximum atomic E-state index is 12.0. The van der Waals surface area contributed by atoms with Crippen molar-refractivity contribution in [1.29, 1.82) is 0 Å². The van der Waals surface area contributed by atoms with Crippen LogP contribution in [0, 0.1) is 17.0 Å². The number of nitro groups is 1. The van der Waals surface area contributed by atoms with Gasteiger partial charge in [-0.15, -0.1) is 0 Å². The van der Waals surface area contributed by atoms with E-state index in [-0.39, 0.29) is 27.6 Å². The van der Waals surface area contributed by atoms with Gasteiger partial charge in [-0.2, -0.15) is 0 Å². The van der Waals surface area contributed by atoms with Crippen LogP contribution in [0.4, 0.5) is 5.69 Å². The molecule has 0 aliphatic heterocycles. The van der Waals surface area contributed by atoms with E-state index in [1.807, 2.05) is 4.72 Å². The van der Waals surface area contributed by atoms with Gasteiger partial charge in [-0.1, -0.05) is 18.5 Å². The Bertz CT molecular complexity index is 657. The molecule has 0 aliphatic rings. The maximum absolute atomic E-state index is 12.0. The summed E-state index contributed by atoms with van der Waals surface area (Å²) in [6.45, 7) is 3.13. The van der Waals surface area contributed by atoms with E-state index in [0.29, 0.717) is 6.42 Å². The highest BCUT2D eigenvalue weighted by atomic mass is 35.5. The Hall–Kier alpha value is -1.67. The molecule has 0 atom stereocenters. The summed E-state index contributed by atoms with van der Waals surface area (Å²) < 4.78 is 25.9. The van der Waals surface area contributed by atoms with Gasteiger partial charge in [-0.05, 0) is 25.0 Å². The monoisotopic (exact) mass is 320 g/mol. The second kappa shape index (κ2) is 6.19. The van der Waals surface area contributed by atoms with Crippen LogP contribution in [0.15, 0.2) is 17.0 Å². The predicted octanol–water partition coefficient (Wildman–Crippen LogP) is 2.16. The normalized spacial score (nSPS) is 11.2. The van der Waals surface area contributed by atoms with Crippen molar-refractivity contribution in [1.82, 2.24) is 4.72 Å². The van der Waals surface area contributed by atoms with Crippen LogP contribution in [0.3, 0.4) is 0 Å². The Morgan fingerprint density at radius 3 is 2.55 bits per heavy atom. The first-order chi connectivity index (χ1) is 9.19. The average molecular weight is 321 g/mol. The number of carbonyl (C=O) groups excluding carboxylic acids is 1. The number of rotatable bonds is 5. The minimum Gasteiger partial charge on any atom is -0.274 e. The van der Waals surface area contributed by atoms with E-state index in [4.69, 9.17) is 11.6 Å². The molecule has 110 valence electrons. The number of aryl methyl sites for hydroxylation is 1. The van der Waals surface area contributed by atoms with Gasteiger partial charge in [0, 0.05) is 12.5 Å². The fourth-order valence-electron chi connectivity index (χ4n) is 1.56. The van der Waals surface area contributed by atoms with Gasteiger partial charge in [0.2, 0.25) is 5.91 Å². The zero-order valence-corrected chi connectivity index (χ0v) is 12.4. The largest absolute Gasteiger partial charge is 0.288 e. The number of hydrogen-bond acceptors (Lipinski definition) is 5. The van der Waals surface area contributed by atoms with Crippen molar-refractivity contribution in [3.8, 4) is 0 Å². The molecule has 0 saturated carbocycles. The molecule has 0 fully saturated rings. The van der Waals surface area contributed by atoms with Crippen molar-refractivity contribution >= 4 is 33.2 Å². The second-order valence-corrected chi connectivity index (χ2v) is 6.16. The summed E-state index contributed by atoms with van der Waals surface area (Å²) in [6, 6.07) is 2.03. The van der Waals surface area contributed by atoms with Gasteiger partial charge in [-0.25, -0.2) is 13.1 Å². The van der Waals surface area contributed by atoms with Crippen LogP contribution < -0.4 is 4.72 Å². The summed E-state index contributed by atoms with van der Waals surface area (Å²) in [5.74, 6) is -0.638. The number of benzene rings is 1. The molecule has 0 heterocycles. The molecule has 0 spiro atoms. The predicted molar refractivity (Wildman–Crippen MR) is 73.1 cm³/mol. The SMILES string of the molecule is CCCC(=O)NS(=O)(=O)c1cc(Cl)c([N+](=O)[O-])cc1C. The Labute approximate surface area is 121 Å². The molecule has 1 aromatic rings. The molecule has 1 aromatic carbocycles. The van der Waals surface area contributed by atoms with Crippen LogP contribution in [-0.2, 0) is 14.8 Å². The topological polar surface area (TPSA) is 106 Å². The highest BCUT2D eigenvalue weighted by Crippen LogP contribution is 2.29. The lowest BCUT2D eigenvalue weighted by molar-refractivity contribution is -0.384. The van der Waals surface area contributed by atoms with E-state index < -0.39 is 20.9 Å². The molecule has 20 heavy (non-hydrogen) atoms. The van der Waals surface area contributed by atoms with Gasteiger partial charge >= 0.3 is 0 Å². The van der Waals surface area contributed by atoms with Crippen molar-refractivity contribution in [2.45, 2.75) is 31.6 Å². The molecule has 1 rings (SSSR count). The summed E-state index contributed by atoms with van der Waals surface area (Å²) in [7, 11) is -4.08. The van der Waals surface area contributed by atoms with Gasteiger partial charge < -0.3 is 0 Å². The minimum atomic E-state index is -4.08. The van der Waals surface area contributed by atoms with Crippen LogP contribution >= 0.6 is 11.6 Å². The molecule has 0 saturated heterocycles. The van der Waals surface area contributed by atoms with Crippen LogP contribution in [0.2, 0.25) is 5.02 Å². The molecule has 9 heteroatoms. The first kappa shape index (κ1) is 16.4. The molecule has 0 unspecified atom stereocenters. The quantitative estimate of drug-likeness (QED) is 0.661. The van der Waals surface area contributed by atoms with Crippen LogP contribution in [-0.4, -0.2) is 19.2 Å². The molecule has 0 aliphatic carbocycles. The first-order valence-corrected chi connectivity index (χ1v) is 7.55. The lowest BCUT2D eigenvalue weighted by Gasteiger charge is -2.09. The molecule has 1 N–H and O–H groups in total. The van der Waals surface area contributed by atoms with E-state index in [1.165, 1.54) is 6.92 Å². The highest BCUT2D eigenvalue weighted by Gasteiger charge is 2.24. The summed E-state index contributed by atoms with van der Waals surface area (Å²) in [4.78, 5) is 21.1. The first-order valence-electron chi connectivity index (χ1n) is 5.69. The Morgan fingerprint density at radius 1 is 1.45 bits per heavy atom. The third-order valence-corrected chi connectivity index (χ3v) is 4.27. The molecule has 0 bridgehead atoms. The van der Waals surface area contributed by atoms with Gasteiger partial charge in [0.25, 0.3) is 15.7 Å². The smallest absolute Gasteiger partial charge is 0.274 e. The number of nitrogens with one attached hydrogen (secondary N) is 1. The number of nitrogens with zero attached hydrogens (tertiary/aromatic N) is 1. The fourth-order valence-corrected chi connectivity index (χ4v) is 3.13. The lowest BCUT2D eigenvalue weighted by Crippen LogP contribution is -2.30. The number of nitro benzene ring substituents is 1. The van der Waals surface area contributed by atoms with E-state index in [1.54, 1.807) is 6.92 Å². The summed E-state index contributed by atoms with van der Waals surface area (Å²) in [5.41, 5.74) is -0.249. The van der Waals surface area contributed by atoms with Crippen molar-refractivity contribution in [2.75, 3.05) is 0 Å². The Morgan fingerprint density at radius 2 is 2.05 bits per heavy atom.